The molecule has 9 nitrogen and oxygen atoms in total. The van der Waals surface area contributed by atoms with Crippen LogP contribution < -0.4 is 5.32 Å². The summed E-state index contributed by atoms with van der Waals surface area (Å²) in [5.41, 5.74) is 0. The lowest BCUT2D eigenvalue weighted by Crippen LogP contribution is -2.47. The Bertz CT molecular complexity index is 1320. The van der Waals surface area contributed by atoms with Gasteiger partial charge >= 0.3 is 13.8 Å². The minimum atomic E-state index is -4.44. The Morgan fingerprint density at radius 3 is 1.06 bits per heavy atom. The Kier molecular flexibility index (Phi) is 57.0. The van der Waals surface area contributed by atoms with E-state index in [9.17, 15) is 19.0 Å². The Balaban J connectivity index is 5.13. The monoisotopic (exact) mass is 1110 g/mol. The fourth-order valence-corrected chi connectivity index (χ4v) is 11.2. The van der Waals surface area contributed by atoms with Gasteiger partial charge in [0.05, 0.1) is 33.8 Å². The molecule has 3 unspecified atom stereocenters. The predicted octanol–water partition coefficient (Wildman–Crippen LogP) is 21.1. The molecule has 458 valence electrons. The van der Waals surface area contributed by atoms with E-state index >= 15 is 0 Å². The van der Waals surface area contributed by atoms with E-state index in [1.165, 1.54) is 263 Å². The number of amides is 1. The number of carbonyl (C=O) groups excluding carboxylic acids is 2. The number of hydrogen-bond acceptors (Lipinski definition) is 6. The molecule has 0 aromatic heterocycles. The molecule has 0 saturated heterocycles. The van der Waals surface area contributed by atoms with Gasteiger partial charge in [0.1, 0.15) is 19.3 Å². The van der Waals surface area contributed by atoms with E-state index in [0.29, 0.717) is 23.9 Å². The molecule has 0 radical (unpaired) electrons. The minimum Gasteiger partial charge on any atom is -0.456 e. The first-order chi connectivity index (χ1) is 37.4. The van der Waals surface area contributed by atoms with Gasteiger partial charge in [-0.3, -0.25) is 18.6 Å². The van der Waals surface area contributed by atoms with Crippen molar-refractivity contribution in [1.82, 2.24) is 5.32 Å². The van der Waals surface area contributed by atoms with Crippen LogP contribution in [0.2, 0.25) is 0 Å². The Morgan fingerprint density at radius 2 is 0.740 bits per heavy atom. The summed E-state index contributed by atoms with van der Waals surface area (Å²) in [6, 6.07) is -0.840. The number of esters is 1. The van der Waals surface area contributed by atoms with Crippen LogP contribution in [0.25, 0.3) is 0 Å². The molecule has 0 bridgehead atoms. The van der Waals surface area contributed by atoms with E-state index < -0.39 is 20.0 Å². The van der Waals surface area contributed by atoms with E-state index in [1.807, 2.05) is 27.2 Å². The largest absolute Gasteiger partial charge is 0.472 e. The zero-order valence-electron chi connectivity index (χ0n) is 52.5. The van der Waals surface area contributed by atoms with Crippen LogP contribution in [0.1, 0.15) is 355 Å². The van der Waals surface area contributed by atoms with Crippen LogP contribution in [0.5, 0.6) is 0 Å². The average molecular weight is 1110 g/mol. The SMILES string of the molecule is CCCCCCCCCCCCC/C=C/C(OC(=O)CCCCCCCCCCCCCCCCCCCCCCC)C(COP(=O)(O)OCC[N+](C)(C)C)NC(=O)CCCCCCCCCCCCCCCCCCC. The van der Waals surface area contributed by atoms with E-state index in [-0.39, 0.29) is 25.1 Å². The van der Waals surface area contributed by atoms with Crippen molar-refractivity contribution in [2.24, 2.45) is 0 Å². The van der Waals surface area contributed by atoms with Crippen molar-refractivity contribution in [3.8, 4) is 0 Å². The fourth-order valence-electron chi connectivity index (χ4n) is 10.5. The molecular formula is C67H134N2O7P+. The van der Waals surface area contributed by atoms with Gasteiger partial charge in [-0.15, -0.1) is 0 Å². The van der Waals surface area contributed by atoms with Gasteiger partial charge in [-0.05, 0) is 31.8 Å². The maximum Gasteiger partial charge on any atom is 0.472 e. The topological polar surface area (TPSA) is 111 Å². The van der Waals surface area contributed by atoms with Crippen molar-refractivity contribution >= 4 is 19.7 Å². The summed E-state index contributed by atoms with van der Waals surface area (Å²) in [6.07, 6.45) is 67.8. The number of likely N-dealkylation sites (N-methyl/N-ethyl adjacent to an activating group) is 1. The number of rotatable bonds is 63. The molecule has 1 amide bonds. The number of carbonyl (C=O) groups is 2. The molecule has 0 saturated carbocycles. The smallest absolute Gasteiger partial charge is 0.456 e. The predicted molar refractivity (Wildman–Crippen MR) is 333 cm³/mol. The van der Waals surface area contributed by atoms with Gasteiger partial charge in [0.2, 0.25) is 5.91 Å². The quantitative estimate of drug-likeness (QED) is 0.0205. The highest BCUT2D eigenvalue weighted by Gasteiger charge is 2.30. The molecule has 0 spiro atoms. The van der Waals surface area contributed by atoms with Crippen LogP contribution in [0, 0.1) is 0 Å². The minimum absolute atomic E-state index is 0.0460. The Labute approximate surface area is 480 Å². The molecule has 2 N–H and O–H groups in total. The Hall–Kier alpha value is -1.25. The second-order valence-corrected chi connectivity index (χ2v) is 26.2. The third kappa shape index (κ3) is 59.2. The standard InChI is InChI=1S/C67H133N2O7P/c1-7-10-13-16-19-22-25-28-30-32-33-34-35-37-39-42-45-48-51-54-57-60-67(71)76-65(58-55-52-49-46-43-40-27-24-21-18-15-12-9-3)64(63-75-77(72,73)74-62-61-69(4,5)6)68-66(70)59-56-53-50-47-44-41-38-36-31-29-26-23-20-17-14-11-8-2/h55,58,64-65H,7-54,56-57,59-63H2,1-6H3,(H-,68,70,72,73)/p+1/b58-55+. The highest BCUT2D eigenvalue weighted by atomic mass is 31.2. The second-order valence-electron chi connectivity index (χ2n) is 24.7. The number of ether oxygens (including phenoxy) is 1. The van der Waals surface area contributed by atoms with Gasteiger partial charge in [-0.25, -0.2) is 4.57 Å². The summed E-state index contributed by atoms with van der Waals surface area (Å²) in [5.74, 6) is -0.478. The fraction of sp³-hybridized carbons (Fsp3) is 0.940. The lowest BCUT2D eigenvalue weighted by molar-refractivity contribution is -0.870. The van der Waals surface area contributed by atoms with E-state index in [2.05, 4.69) is 32.2 Å². The average Bonchev–Trinajstić information content (AvgIpc) is 3.39. The molecule has 10 heteroatoms. The van der Waals surface area contributed by atoms with Crippen LogP contribution in [-0.4, -0.2) is 74.3 Å². The number of phosphoric ester groups is 1. The summed E-state index contributed by atoms with van der Waals surface area (Å²) in [6.45, 7) is 7.09. The van der Waals surface area contributed by atoms with Crippen LogP contribution >= 0.6 is 7.82 Å². The molecule has 0 rings (SSSR count). The van der Waals surface area contributed by atoms with Crippen molar-refractivity contribution in [3.63, 3.8) is 0 Å². The van der Waals surface area contributed by atoms with E-state index in [0.717, 1.165) is 57.8 Å². The first kappa shape index (κ1) is 75.8. The zero-order chi connectivity index (χ0) is 56.4. The van der Waals surface area contributed by atoms with Crippen molar-refractivity contribution in [3.05, 3.63) is 12.2 Å². The van der Waals surface area contributed by atoms with Crippen molar-refractivity contribution in [2.75, 3.05) is 40.9 Å². The normalized spacial score (nSPS) is 13.6. The number of hydrogen-bond donors (Lipinski definition) is 2. The number of phosphoric acid groups is 1. The van der Waals surface area contributed by atoms with Crippen molar-refractivity contribution in [1.29, 1.82) is 0 Å². The lowest BCUT2D eigenvalue weighted by Gasteiger charge is -2.27. The van der Waals surface area contributed by atoms with E-state index in [4.69, 9.17) is 13.8 Å². The summed E-state index contributed by atoms with van der Waals surface area (Å²) >= 11 is 0. The highest BCUT2D eigenvalue weighted by Crippen LogP contribution is 2.43. The number of nitrogens with one attached hydrogen (secondary N) is 1. The molecule has 3 atom stereocenters. The lowest BCUT2D eigenvalue weighted by atomic mass is 10.0. The molecule has 0 aliphatic rings. The van der Waals surface area contributed by atoms with Crippen molar-refractivity contribution < 1.29 is 37.3 Å². The number of quaternary nitrogens is 1. The molecule has 77 heavy (non-hydrogen) atoms. The summed E-state index contributed by atoms with van der Waals surface area (Å²) in [7, 11) is 1.52. The first-order valence-electron chi connectivity index (χ1n) is 34.0. The number of unbranched alkanes of at least 4 members (excludes halogenated alkanes) is 47. The molecule has 0 aliphatic heterocycles. The Morgan fingerprint density at radius 1 is 0.442 bits per heavy atom. The van der Waals surface area contributed by atoms with Gasteiger partial charge in [0.15, 0.2) is 0 Å². The molecular weight excluding hydrogens is 976 g/mol. The highest BCUT2D eigenvalue weighted by molar-refractivity contribution is 7.47. The molecule has 0 heterocycles. The third-order valence-corrected chi connectivity index (χ3v) is 16.7. The number of nitrogens with zero attached hydrogens (tertiary/aromatic N) is 1. The first-order valence-corrected chi connectivity index (χ1v) is 35.5. The molecule has 0 aliphatic carbocycles. The number of allylic oxidation sites excluding steroid dienone is 1. The summed E-state index contributed by atoms with van der Waals surface area (Å²) < 4.78 is 30.8. The maximum atomic E-state index is 13.6. The van der Waals surface area contributed by atoms with Gasteiger partial charge in [0, 0.05) is 12.8 Å². The summed E-state index contributed by atoms with van der Waals surface area (Å²) in [5, 5.41) is 3.08. The van der Waals surface area contributed by atoms with Gasteiger partial charge in [0.25, 0.3) is 0 Å². The van der Waals surface area contributed by atoms with Crippen LogP contribution in [0.15, 0.2) is 12.2 Å². The van der Waals surface area contributed by atoms with Gasteiger partial charge < -0.3 is 19.4 Å². The maximum absolute atomic E-state index is 13.6. The summed E-state index contributed by atoms with van der Waals surface area (Å²) in [4.78, 5) is 37.8. The molecule has 0 aromatic carbocycles. The van der Waals surface area contributed by atoms with Crippen molar-refractivity contribution in [2.45, 2.75) is 367 Å². The van der Waals surface area contributed by atoms with Crippen LogP contribution in [0.3, 0.4) is 0 Å². The van der Waals surface area contributed by atoms with Crippen LogP contribution in [0.4, 0.5) is 0 Å². The van der Waals surface area contributed by atoms with Gasteiger partial charge in [-0.2, -0.15) is 0 Å². The molecule has 0 aromatic rings. The molecule has 0 fully saturated rings. The third-order valence-electron chi connectivity index (χ3n) is 15.7. The van der Waals surface area contributed by atoms with Gasteiger partial charge in [-0.1, -0.05) is 322 Å². The second kappa shape index (κ2) is 58.0. The van der Waals surface area contributed by atoms with E-state index in [1.54, 1.807) is 0 Å². The van der Waals surface area contributed by atoms with Crippen LogP contribution in [-0.2, 0) is 27.9 Å². The zero-order valence-corrected chi connectivity index (χ0v) is 53.4.